The molecule has 0 amide bonds. The van der Waals surface area contributed by atoms with Gasteiger partial charge in [0.2, 0.25) is 0 Å². The van der Waals surface area contributed by atoms with Crippen LogP contribution in [0.25, 0.3) is 0 Å². The summed E-state index contributed by atoms with van der Waals surface area (Å²) in [6, 6.07) is 44.0. The van der Waals surface area contributed by atoms with E-state index >= 15 is 0 Å². The second kappa shape index (κ2) is 9.71. The summed E-state index contributed by atoms with van der Waals surface area (Å²) in [7, 11) is -1.23. The summed E-state index contributed by atoms with van der Waals surface area (Å²) in [5, 5.41) is 13.4. The molecule has 5 rings (SSSR count). The topological polar surface area (TPSA) is 0 Å². The highest BCUT2D eigenvalue weighted by Crippen LogP contribution is 2.40. The molecule has 0 aliphatic rings. The zero-order valence-electron chi connectivity index (χ0n) is 17.0. The second-order valence-corrected chi connectivity index (χ2v) is 12.3. The summed E-state index contributed by atoms with van der Waals surface area (Å²) >= 11 is 1.83. The van der Waals surface area contributed by atoms with Crippen molar-refractivity contribution in [3.05, 3.63) is 132 Å². The van der Waals surface area contributed by atoms with Crippen LogP contribution in [0.15, 0.2) is 132 Å². The molecule has 4 aromatic carbocycles. The lowest BCUT2D eigenvalue weighted by molar-refractivity contribution is 1.75. The van der Waals surface area contributed by atoms with Crippen LogP contribution in [0.2, 0.25) is 0 Å². The van der Waals surface area contributed by atoms with E-state index in [1.54, 1.807) is 0 Å². The molecule has 0 atom stereocenters. The Hall–Kier alpha value is -2.56. The Kier molecular flexibility index (Phi) is 6.38. The van der Waals surface area contributed by atoms with Gasteiger partial charge in [-0.3, -0.25) is 0 Å². The van der Waals surface area contributed by atoms with Crippen LogP contribution in [-0.2, 0) is 0 Å². The predicted octanol–water partition coefficient (Wildman–Crippen LogP) is 5.26. The molecule has 1 aromatic heterocycles. The Morgan fingerprint density at radius 2 is 0.613 bits per heavy atom. The van der Waals surface area contributed by atoms with Crippen LogP contribution in [0.5, 0.6) is 0 Å². The first-order valence-corrected chi connectivity index (χ1v) is 13.9. The Bertz CT molecular complexity index is 1040. The molecule has 3 heteroatoms. The minimum Gasteiger partial charge on any atom is -0.151 e. The molecule has 0 saturated carbocycles. The minimum atomic E-state index is -0.616. The molecule has 0 aliphatic carbocycles. The molecule has 150 valence electrons. The van der Waals surface area contributed by atoms with Crippen molar-refractivity contribution in [1.29, 1.82) is 0 Å². The molecule has 0 nitrogen and oxygen atoms in total. The van der Waals surface area contributed by atoms with E-state index in [0.717, 1.165) is 0 Å². The van der Waals surface area contributed by atoms with E-state index in [9.17, 15) is 0 Å². The monoisotopic (exact) mass is 452 g/mol. The van der Waals surface area contributed by atoms with Gasteiger partial charge in [-0.15, -0.1) is 0 Å². The molecule has 0 aliphatic heterocycles. The fourth-order valence-electron chi connectivity index (χ4n) is 3.78. The third kappa shape index (κ3) is 4.41. The van der Waals surface area contributed by atoms with Crippen LogP contribution in [0.3, 0.4) is 0 Å². The smallest absolute Gasteiger partial charge is 0.00396 e. The summed E-state index contributed by atoms with van der Waals surface area (Å²) in [6.07, 6.45) is 0. The lowest BCUT2D eigenvalue weighted by atomic mass is 10.4. The van der Waals surface area contributed by atoms with E-state index in [2.05, 4.69) is 132 Å². The summed E-state index contributed by atoms with van der Waals surface area (Å²) < 4.78 is 0. The molecule has 31 heavy (non-hydrogen) atoms. The van der Waals surface area contributed by atoms with Gasteiger partial charge in [0.15, 0.2) is 0 Å². The number of hydrogen-bond acceptors (Lipinski definition) is 1. The van der Waals surface area contributed by atoms with Crippen LogP contribution in [0, 0.1) is 0 Å². The zero-order chi connectivity index (χ0) is 20.9. The number of benzene rings is 4. The van der Waals surface area contributed by atoms with Gasteiger partial charge in [0.25, 0.3) is 0 Å². The van der Waals surface area contributed by atoms with Crippen molar-refractivity contribution >= 4 is 59.0 Å². The van der Waals surface area contributed by atoms with Crippen molar-refractivity contribution in [3.63, 3.8) is 0 Å². The Morgan fingerprint density at radius 1 is 0.355 bits per heavy atom. The highest BCUT2D eigenvalue weighted by molar-refractivity contribution is 7.86. The second-order valence-electron chi connectivity index (χ2n) is 7.16. The summed E-state index contributed by atoms with van der Waals surface area (Å²) in [4.78, 5) is 0. The molecule has 1 heterocycles. The summed E-state index contributed by atoms with van der Waals surface area (Å²) in [6.45, 7) is 0. The third-order valence-electron chi connectivity index (χ3n) is 5.16. The predicted molar refractivity (Wildman–Crippen MR) is 142 cm³/mol. The molecule has 5 aromatic rings. The lowest BCUT2D eigenvalue weighted by Gasteiger charge is -2.24. The lowest BCUT2D eigenvalue weighted by Crippen LogP contribution is -2.32. The van der Waals surface area contributed by atoms with E-state index in [1.165, 1.54) is 31.8 Å². The van der Waals surface area contributed by atoms with Gasteiger partial charge < -0.3 is 0 Å². The first-order chi connectivity index (χ1) is 15.4. The average molecular weight is 452 g/mol. The van der Waals surface area contributed by atoms with Gasteiger partial charge in [-0.1, -0.05) is 121 Å². The number of thiophene rings is 1. The van der Waals surface area contributed by atoms with E-state index < -0.39 is 15.8 Å². The molecular weight excluding hydrogens is 430 g/mol. The van der Waals surface area contributed by atoms with E-state index in [-0.39, 0.29) is 0 Å². The van der Waals surface area contributed by atoms with Crippen molar-refractivity contribution in [2.24, 2.45) is 0 Å². The molecular formula is C28H22P2S. The number of rotatable bonds is 6. The maximum Gasteiger partial charge on any atom is 0.00396 e. The van der Waals surface area contributed by atoms with Crippen molar-refractivity contribution in [1.82, 2.24) is 0 Å². The summed E-state index contributed by atoms with van der Waals surface area (Å²) in [5.74, 6) is 0. The van der Waals surface area contributed by atoms with E-state index in [1.807, 2.05) is 11.3 Å². The molecule has 0 bridgehead atoms. The van der Waals surface area contributed by atoms with E-state index in [0.29, 0.717) is 0 Å². The largest absolute Gasteiger partial charge is 0.151 e. The van der Waals surface area contributed by atoms with Gasteiger partial charge in [-0.25, -0.2) is 0 Å². The van der Waals surface area contributed by atoms with Gasteiger partial charge in [0, 0.05) is 10.6 Å². The molecule has 0 saturated heterocycles. The first kappa shape index (κ1) is 20.3. The fourth-order valence-corrected chi connectivity index (χ4v) is 10.5. The molecule has 0 fully saturated rings. The highest BCUT2D eigenvalue weighted by Gasteiger charge is 2.26. The quantitative estimate of drug-likeness (QED) is 0.308. The van der Waals surface area contributed by atoms with Crippen molar-refractivity contribution < 1.29 is 0 Å². The van der Waals surface area contributed by atoms with Gasteiger partial charge in [0.1, 0.15) is 0 Å². The standard InChI is InChI=1S/C28H22P2S/c1-5-13-23(14-6-1)29(24-15-7-2-8-16-24)27-21-31-22-28(27)30(25-17-9-3-10-18-25)26-19-11-4-12-20-26/h1-22H. The number of hydrogen-bond donors (Lipinski definition) is 0. The SMILES string of the molecule is c1ccc(P(c2ccccc2)c2cscc2P(c2ccccc2)c2ccccc2)cc1. The minimum absolute atomic E-state index is 0.616. The normalized spacial score (nSPS) is 11.2. The Labute approximate surface area is 190 Å². The molecule has 0 unspecified atom stereocenters. The maximum absolute atomic E-state index is 2.39. The Morgan fingerprint density at radius 3 is 0.871 bits per heavy atom. The molecule has 0 N–H and O–H groups in total. The molecule has 0 spiro atoms. The van der Waals surface area contributed by atoms with Crippen LogP contribution in [-0.4, -0.2) is 0 Å². The van der Waals surface area contributed by atoms with E-state index in [4.69, 9.17) is 0 Å². The van der Waals surface area contributed by atoms with Crippen LogP contribution >= 0.6 is 27.2 Å². The molecule has 0 radical (unpaired) electrons. The maximum atomic E-state index is 2.39. The van der Waals surface area contributed by atoms with Gasteiger partial charge >= 0.3 is 0 Å². The van der Waals surface area contributed by atoms with Crippen LogP contribution in [0.4, 0.5) is 0 Å². The van der Waals surface area contributed by atoms with Gasteiger partial charge in [-0.05, 0) is 47.8 Å². The van der Waals surface area contributed by atoms with Crippen molar-refractivity contribution in [3.8, 4) is 0 Å². The highest BCUT2D eigenvalue weighted by atomic mass is 32.1. The Balaban J connectivity index is 1.71. The van der Waals surface area contributed by atoms with Crippen molar-refractivity contribution in [2.45, 2.75) is 0 Å². The first-order valence-electron chi connectivity index (χ1n) is 10.3. The van der Waals surface area contributed by atoms with Gasteiger partial charge in [0.05, 0.1) is 0 Å². The van der Waals surface area contributed by atoms with Crippen LogP contribution in [0.1, 0.15) is 0 Å². The third-order valence-corrected chi connectivity index (χ3v) is 11.4. The zero-order valence-corrected chi connectivity index (χ0v) is 19.6. The van der Waals surface area contributed by atoms with Crippen LogP contribution < -0.4 is 31.8 Å². The van der Waals surface area contributed by atoms with Crippen molar-refractivity contribution in [2.75, 3.05) is 0 Å². The average Bonchev–Trinajstić information content (AvgIpc) is 3.31. The fraction of sp³-hybridized carbons (Fsp3) is 0. The summed E-state index contributed by atoms with van der Waals surface area (Å²) in [5.41, 5.74) is 0. The van der Waals surface area contributed by atoms with Gasteiger partial charge in [-0.2, -0.15) is 11.3 Å².